The summed E-state index contributed by atoms with van der Waals surface area (Å²) in [6.07, 6.45) is 2.80. The zero-order valence-corrected chi connectivity index (χ0v) is 16.7. The highest BCUT2D eigenvalue weighted by Gasteiger charge is 2.15. The molecule has 2 aromatic carbocycles. The predicted molar refractivity (Wildman–Crippen MR) is 107 cm³/mol. The lowest BCUT2D eigenvalue weighted by Crippen LogP contribution is -2.24. The molecule has 0 fully saturated rings. The van der Waals surface area contributed by atoms with Crippen molar-refractivity contribution >= 4 is 21.6 Å². The van der Waals surface area contributed by atoms with E-state index >= 15 is 0 Å². The number of anilines is 1. The number of nitrogens with one attached hydrogen (secondary N) is 2. The Hall–Kier alpha value is -2.38. The molecular formula is C20H26N2O4S. The molecule has 0 aliphatic rings. The van der Waals surface area contributed by atoms with Gasteiger partial charge in [0.15, 0.2) is 0 Å². The van der Waals surface area contributed by atoms with Crippen LogP contribution in [0.4, 0.5) is 5.69 Å². The minimum absolute atomic E-state index is 0.142. The molecule has 0 bridgehead atoms. The van der Waals surface area contributed by atoms with E-state index in [4.69, 9.17) is 4.74 Å². The summed E-state index contributed by atoms with van der Waals surface area (Å²) in [5, 5.41) is 2.80. The van der Waals surface area contributed by atoms with Gasteiger partial charge in [-0.25, -0.2) is 13.1 Å². The maximum absolute atomic E-state index is 12.5. The number of aryl methyl sites for hydroxylation is 1. The van der Waals surface area contributed by atoms with Crippen molar-refractivity contribution in [1.82, 2.24) is 4.72 Å². The van der Waals surface area contributed by atoms with Gasteiger partial charge >= 0.3 is 0 Å². The number of rotatable bonds is 9. The van der Waals surface area contributed by atoms with Gasteiger partial charge in [-0.2, -0.15) is 0 Å². The van der Waals surface area contributed by atoms with Gasteiger partial charge < -0.3 is 10.1 Å². The Morgan fingerprint density at radius 1 is 1.07 bits per heavy atom. The lowest BCUT2D eigenvalue weighted by molar-refractivity contribution is 0.102. The molecule has 0 saturated heterocycles. The highest BCUT2D eigenvalue weighted by Crippen LogP contribution is 2.25. The second kappa shape index (κ2) is 9.53. The smallest absolute Gasteiger partial charge is 0.255 e. The van der Waals surface area contributed by atoms with Crippen LogP contribution in [0, 0.1) is 6.92 Å². The fraction of sp³-hybridized carbons (Fsp3) is 0.350. The van der Waals surface area contributed by atoms with Crippen LogP contribution in [0.15, 0.2) is 47.4 Å². The molecule has 0 radical (unpaired) electrons. The molecule has 0 atom stereocenters. The first kappa shape index (κ1) is 20.9. The molecule has 27 heavy (non-hydrogen) atoms. The van der Waals surface area contributed by atoms with E-state index in [1.807, 2.05) is 19.1 Å². The minimum atomic E-state index is -3.56. The Morgan fingerprint density at radius 2 is 1.78 bits per heavy atom. The lowest BCUT2D eigenvalue weighted by atomic mass is 10.1. The largest absolute Gasteiger partial charge is 0.495 e. The predicted octanol–water partition coefficient (Wildman–Crippen LogP) is 3.72. The number of methoxy groups -OCH3 is 1. The zero-order chi connectivity index (χ0) is 19.9. The van der Waals surface area contributed by atoms with Crippen LogP contribution in [0.2, 0.25) is 0 Å². The molecule has 0 heterocycles. The second-order valence-corrected chi connectivity index (χ2v) is 8.05. The van der Waals surface area contributed by atoms with Crippen LogP contribution >= 0.6 is 0 Å². The third kappa shape index (κ3) is 5.80. The molecule has 0 saturated carbocycles. The fourth-order valence-electron chi connectivity index (χ4n) is 2.56. The van der Waals surface area contributed by atoms with Gasteiger partial charge in [-0.15, -0.1) is 0 Å². The fourth-order valence-corrected chi connectivity index (χ4v) is 3.64. The maximum Gasteiger partial charge on any atom is 0.255 e. The summed E-state index contributed by atoms with van der Waals surface area (Å²) >= 11 is 0. The molecule has 0 aliphatic carbocycles. The Balaban J connectivity index is 2.08. The van der Waals surface area contributed by atoms with Crippen LogP contribution in [0.3, 0.4) is 0 Å². The van der Waals surface area contributed by atoms with E-state index in [-0.39, 0.29) is 10.8 Å². The zero-order valence-electron chi connectivity index (χ0n) is 15.9. The quantitative estimate of drug-likeness (QED) is 0.639. The number of hydrogen-bond donors (Lipinski definition) is 2. The van der Waals surface area contributed by atoms with Crippen LogP contribution < -0.4 is 14.8 Å². The van der Waals surface area contributed by atoms with E-state index < -0.39 is 10.0 Å². The normalized spacial score (nSPS) is 11.2. The van der Waals surface area contributed by atoms with E-state index in [1.165, 1.54) is 31.4 Å². The van der Waals surface area contributed by atoms with E-state index in [1.54, 1.807) is 6.07 Å². The Morgan fingerprint density at radius 3 is 2.41 bits per heavy atom. The summed E-state index contributed by atoms with van der Waals surface area (Å²) < 4.78 is 32.3. The van der Waals surface area contributed by atoms with Crippen LogP contribution in [0.1, 0.15) is 42.1 Å². The van der Waals surface area contributed by atoms with Crippen LogP contribution in [0.25, 0.3) is 0 Å². The SMILES string of the molecule is CCCCCNS(=O)(=O)c1ccc(C(=O)Nc2cc(C)ccc2OC)cc1. The van der Waals surface area contributed by atoms with Crippen molar-refractivity contribution in [1.29, 1.82) is 0 Å². The third-order valence-corrected chi connectivity index (χ3v) is 5.58. The second-order valence-electron chi connectivity index (χ2n) is 6.29. The standard InChI is InChI=1S/C20H26N2O4S/c1-4-5-6-13-21-27(24,25)17-10-8-16(9-11-17)20(23)22-18-14-15(2)7-12-19(18)26-3/h7-12,14,21H,4-6,13H2,1-3H3,(H,22,23). The Bertz CT molecular complexity index is 877. The summed E-state index contributed by atoms with van der Waals surface area (Å²) in [6.45, 7) is 4.39. The number of hydrogen-bond acceptors (Lipinski definition) is 4. The van der Waals surface area contributed by atoms with Crippen molar-refractivity contribution in [3.63, 3.8) is 0 Å². The van der Waals surface area contributed by atoms with Crippen molar-refractivity contribution in [3.05, 3.63) is 53.6 Å². The molecule has 1 amide bonds. The number of sulfonamides is 1. The Labute approximate surface area is 161 Å². The first-order valence-corrected chi connectivity index (χ1v) is 10.4. The molecule has 7 heteroatoms. The highest BCUT2D eigenvalue weighted by molar-refractivity contribution is 7.89. The van der Waals surface area contributed by atoms with Crippen LogP contribution in [-0.4, -0.2) is 28.0 Å². The van der Waals surface area contributed by atoms with Crippen molar-refractivity contribution in [2.75, 3.05) is 19.0 Å². The van der Waals surface area contributed by atoms with Gasteiger partial charge in [0.05, 0.1) is 17.7 Å². The molecule has 2 rings (SSSR count). The van der Waals surface area contributed by atoms with Gasteiger partial charge in [0, 0.05) is 12.1 Å². The molecule has 0 aromatic heterocycles. The van der Waals surface area contributed by atoms with E-state index in [2.05, 4.69) is 17.0 Å². The molecule has 0 spiro atoms. The maximum atomic E-state index is 12.5. The van der Waals surface area contributed by atoms with Gasteiger partial charge in [-0.3, -0.25) is 4.79 Å². The van der Waals surface area contributed by atoms with E-state index in [9.17, 15) is 13.2 Å². The molecule has 0 aliphatic heterocycles. The molecule has 0 unspecified atom stereocenters. The molecule has 146 valence electrons. The van der Waals surface area contributed by atoms with Crippen LogP contribution in [-0.2, 0) is 10.0 Å². The monoisotopic (exact) mass is 390 g/mol. The summed E-state index contributed by atoms with van der Waals surface area (Å²) in [4.78, 5) is 12.6. The van der Waals surface area contributed by atoms with Crippen molar-refractivity contribution in [2.45, 2.75) is 38.0 Å². The molecule has 2 N–H and O–H groups in total. The molecule has 2 aromatic rings. The molecular weight excluding hydrogens is 364 g/mol. The number of ether oxygens (including phenoxy) is 1. The average Bonchev–Trinajstić information content (AvgIpc) is 2.65. The minimum Gasteiger partial charge on any atom is -0.495 e. The lowest BCUT2D eigenvalue weighted by Gasteiger charge is -2.11. The number of unbranched alkanes of at least 4 members (excludes halogenated alkanes) is 2. The van der Waals surface area contributed by atoms with Crippen molar-refractivity contribution < 1.29 is 17.9 Å². The van der Waals surface area contributed by atoms with Gasteiger partial charge in [0.1, 0.15) is 5.75 Å². The highest BCUT2D eigenvalue weighted by atomic mass is 32.2. The van der Waals surface area contributed by atoms with E-state index in [0.717, 1.165) is 24.8 Å². The van der Waals surface area contributed by atoms with Gasteiger partial charge in [0.2, 0.25) is 10.0 Å². The first-order valence-electron chi connectivity index (χ1n) is 8.93. The number of carbonyl (C=O) groups is 1. The number of benzene rings is 2. The topological polar surface area (TPSA) is 84.5 Å². The van der Waals surface area contributed by atoms with Gasteiger partial charge in [0.25, 0.3) is 5.91 Å². The summed E-state index contributed by atoms with van der Waals surface area (Å²) in [6, 6.07) is 11.4. The first-order chi connectivity index (χ1) is 12.9. The van der Waals surface area contributed by atoms with Gasteiger partial charge in [-0.1, -0.05) is 25.8 Å². The van der Waals surface area contributed by atoms with Crippen molar-refractivity contribution in [2.24, 2.45) is 0 Å². The average molecular weight is 391 g/mol. The number of carbonyl (C=O) groups excluding carboxylic acids is 1. The van der Waals surface area contributed by atoms with Gasteiger partial charge in [-0.05, 0) is 55.3 Å². The summed E-state index contributed by atoms with van der Waals surface area (Å²) in [5.74, 6) is 0.225. The summed E-state index contributed by atoms with van der Waals surface area (Å²) in [5.41, 5.74) is 1.92. The van der Waals surface area contributed by atoms with Crippen molar-refractivity contribution in [3.8, 4) is 5.75 Å². The molecule has 6 nitrogen and oxygen atoms in total. The van der Waals surface area contributed by atoms with Crippen LogP contribution in [0.5, 0.6) is 5.75 Å². The third-order valence-electron chi connectivity index (χ3n) is 4.10. The number of amides is 1. The Kier molecular flexibility index (Phi) is 7.38. The summed E-state index contributed by atoms with van der Waals surface area (Å²) in [7, 11) is -2.02. The van der Waals surface area contributed by atoms with E-state index in [0.29, 0.717) is 23.5 Å².